The van der Waals surface area contributed by atoms with E-state index in [2.05, 4.69) is 5.32 Å². The summed E-state index contributed by atoms with van der Waals surface area (Å²) in [6, 6.07) is 9.66. The van der Waals surface area contributed by atoms with E-state index in [-0.39, 0.29) is 21.2 Å². The van der Waals surface area contributed by atoms with Gasteiger partial charge in [0.2, 0.25) is 10.0 Å². The second-order valence-electron chi connectivity index (χ2n) is 7.13. The van der Waals surface area contributed by atoms with Gasteiger partial charge in [0.15, 0.2) is 6.61 Å². The number of hydrogen-bond acceptors (Lipinski definition) is 6. The molecule has 8 nitrogen and oxygen atoms in total. The number of amides is 1. The topological polar surface area (TPSA) is 113 Å². The van der Waals surface area contributed by atoms with E-state index >= 15 is 0 Å². The van der Waals surface area contributed by atoms with E-state index in [1.807, 2.05) is 0 Å². The van der Waals surface area contributed by atoms with Gasteiger partial charge >= 0.3 is 5.97 Å². The zero-order valence-electron chi connectivity index (χ0n) is 16.7. The number of anilines is 1. The maximum atomic E-state index is 13.0. The molecule has 0 radical (unpaired) electrons. The molecule has 2 N–H and O–H groups in total. The molecular formula is C21H23ClN2O6S. The number of aromatic hydroxyl groups is 1. The molecule has 1 aliphatic rings. The first-order valence-corrected chi connectivity index (χ1v) is 11.6. The van der Waals surface area contributed by atoms with Gasteiger partial charge in [-0.1, -0.05) is 24.4 Å². The Balaban J connectivity index is 1.67. The third kappa shape index (κ3) is 5.96. The van der Waals surface area contributed by atoms with Crippen molar-refractivity contribution < 1.29 is 27.9 Å². The average molecular weight is 467 g/mol. The fraction of sp³-hybridized carbons (Fsp3) is 0.333. The molecule has 166 valence electrons. The lowest BCUT2D eigenvalue weighted by Crippen LogP contribution is -2.32. The number of halogens is 1. The van der Waals surface area contributed by atoms with Crippen LogP contribution in [0.4, 0.5) is 5.69 Å². The Morgan fingerprint density at radius 1 is 1.03 bits per heavy atom. The summed E-state index contributed by atoms with van der Waals surface area (Å²) >= 11 is 6.13. The van der Waals surface area contributed by atoms with E-state index in [9.17, 15) is 23.1 Å². The number of nitrogens with zero attached hydrogens (tertiary/aromatic N) is 1. The number of rotatable bonds is 6. The number of benzene rings is 2. The molecule has 1 amide bonds. The fourth-order valence-corrected chi connectivity index (χ4v) is 5.22. The van der Waals surface area contributed by atoms with Gasteiger partial charge in [-0.3, -0.25) is 4.79 Å². The monoisotopic (exact) mass is 466 g/mol. The first-order chi connectivity index (χ1) is 14.8. The first-order valence-electron chi connectivity index (χ1n) is 9.83. The number of sulfonamides is 1. The quantitative estimate of drug-likeness (QED) is 0.498. The smallest absolute Gasteiger partial charge is 0.338 e. The molecule has 1 fully saturated rings. The SMILES string of the molecule is O=C(COC(=O)c1ccc(Cl)c(S(=O)(=O)N2CCCCCC2)c1)Nc1ccc(O)cc1. The van der Waals surface area contributed by atoms with Gasteiger partial charge in [0.1, 0.15) is 10.6 Å². The predicted molar refractivity (Wildman–Crippen MR) is 116 cm³/mol. The lowest BCUT2D eigenvalue weighted by molar-refractivity contribution is -0.119. The van der Waals surface area contributed by atoms with E-state index < -0.39 is 28.5 Å². The van der Waals surface area contributed by atoms with Crippen molar-refractivity contribution in [3.8, 4) is 5.75 Å². The number of ether oxygens (including phenoxy) is 1. The predicted octanol–water partition coefficient (Wildman–Crippen LogP) is 3.41. The van der Waals surface area contributed by atoms with E-state index in [0.29, 0.717) is 18.8 Å². The minimum Gasteiger partial charge on any atom is -0.508 e. The summed E-state index contributed by atoms with van der Waals surface area (Å²) < 4.78 is 32.5. The van der Waals surface area contributed by atoms with Gasteiger partial charge < -0.3 is 15.2 Å². The Morgan fingerprint density at radius 3 is 2.32 bits per heavy atom. The van der Waals surface area contributed by atoms with Crippen LogP contribution in [0.15, 0.2) is 47.4 Å². The highest BCUT2D eigenvalue weighted by Gasteiger charge is 2.28. The van der Waals surface area contributed by atoms with Gasteiger partial charge in [-0.05, 0) is 55.3 Å². The van der Waals surface area contributed by atoms with Crippen LogP contribution in [-0.4, -0.2) is 49.4 Å². The van der Waals surface area contributed by atoms with E-state index in [0.717, 1.165) is 25.7 Å². The van der Waals surface area contributed by atoms with Gasteiger partial charge in [0.25, 0.3) is 5.91 Å². The van der Waals surface area contributed by atoms with E-state index in [1.165, 1.54) is 46.8 Å². The average Bonchev–Trinajstić information content (AvgIpc) is 3.04. The van der Waals surface area contributed by atoms with Gasteiger partial charge in [-0.15, -0.1) is 0 Å². The van der Waals surface area contributed by atoms with Gasteiger partial charge in [-0.25, -0.2) is 13.2 Å². The van der Waals surface area contributed by atoms with Crippen molar-refractivity contribution in [2.75, 3.05) is 25.0 Å². The van der Waals surface area contributed by atoms with Crippen LogP contribution in [0.25, 0.3) is 0 Å². The standard InChI is InChI=1S/C21H23ClN2O6S/c22-18-10-5-15(13-19(18)31(28,29)24-11-3-1-2-4-12-24)21(27)30-14-20(26)23-16-6-8-17(25)9-7-16/h5-10,13,25H,1-4,11-12,14H2,(H,23,26). The molecule has 3 rings (SSSR count). The van der Waals surface area contributed by atoms with Crippen LogP contribution >= 0.6 is 11.6 Å². The Labute approximate surface area is 185 Å². The van der Waals surface area contributed by atoms with Crippen LogP contribution in [0, 0.1) is 0 Å². The maximum Gasteiger partial charge on any atom is 0.338 e. The Hall–Kier alpha value is -2.62. The van der Waals surface area contributed by atoms with Crippen molar-refractivity contribution in [1.29, 1.82) is 0 Å². The summed E-state index contributed by atoms with van der Waals surface area (Å²) in [7, 11) is -3.85. The van der Waals surface area contributed by atoms with Crippen molar-refractivity contribution in [2.24, 2.45) is 0 Å². The molecule has 0 unspecified atom stereocenters. The molecule has 0 aliphatic carbocycles. The highest BCUT2D eigenvalue weighted by Crippen LogP contribution is 2.28. The summed E-state index contributed by atoms with van der Waals surface area (Å²) in [6.07, 6.45) is 3.49. The first kappa shape index (κ1) is 23.1. The lowest BCUT2D eigenvalue weighted by atomic mass is 10.2. The summed E-state index contributed by atoms with van der Waals surface area (Å²) in [5.41, 5.74) is 0.409. The lowest BCUT2D eigenvalue weighted by Gasteiger charge is -2.21. The van der Waals surface area contributed by atoms with Crippen molar-refractivity contribution in [3.05, 3.63) is 53.1 Å². The number of esters is 1. The molecule has 1 heterocycles. The molecule has 31 heavy (non-hydrogen) atoms. The number of phenolic OH excluding ortho intramolecular Hbond substituents is 1. The molecular weight excluding hydrogens is 444 g/mol. The van der Waals surface area contributed by atoms with E-state index in [4.69, 9.17) is 16.3 Å². The molecule has 0 saturated carbocycles. The summed E-state index contributed by atoms with van der Waals surface area (Å²) in [4.78, 5) is 24.2. The summed E-state index contributed by atoms with van der Waals surface area (Å²) in [5, 5.41) is 11.8. The van der Waals surface area contributed by atoms with Gasteiger partial charge in [0.05, 0.1) is 10.6 Å². The highest BCUT2D eigenvalue weighted by molar-refractivity contribution is 7.89. The molecule has 2 aromatic rings. The van der Waals surface area contributed by atoms with Crippen molar-refractivity contribution in [3.63, 3.8) is 0 Å². The third-order valence-corrected chi connectivity index (χ3v) is 7.22. The van der Waals surface area contributed by atoms with Crippen LogP contribution in [-0.2, 0) is 19.6 Å². The number of nitrogens with one attached hydrogen (secondary N) is 1. The molecule has 2 aromatic carbocycles. The largest absolute Gasteiger partial charge is 0.508 e. The Morgan fingerprint density at radius 2 is 1.68 bits per heavy atom. The number of phenols is 1. The molecule has 0 atom stereocenters. The maximum absolute atomic E-state index is 13.0. The van der Waals surface area contributed by atoms with Crippen LogP contribution in [0.5, 0.6) is 5.75 Å². The molecule has 0 bridgehead atoms. The molecule has 0 spiro atoms. The van der Waals surface area contributed by atoms with Crippen molar-refractivity contribution in [1.82, 2.24) is 4.31 Å². The second-order valence-corrected chi connectivity index (χ2v) is 9.45. The zero-order valence-corrected chi connectivity index (χ0v) is 18.3. The Kier molecular flexibility index (Phi) is 7.53. The minimum atomic E-state index is -3.85. The molecule has 1 saturated heterocycles. The van der Waals surface area contributed by atoms with Crippen LogP contribution in [0.3, 0.4) is 0 Å². The van der Waals surface area contributed by atoms with Crippen LogP contribution in [0.1, 0.15) is 36.0 Å². The van der Waals surface area contributed by atoms with Gasteiger partial charge in [-0.2, -0.15) is 4.31 Å². The normalized spacial score (nSPS) is 15.1. The summed E-state index contributed by atoms with van der Waals surface area (Å²) in [6.45, 7) is 0.256. The fourth-order valence-electron chi connectivity index (χ4n) is 3.21. The number of carbonyl (C=O) groups is 2. The van der Waals surface area contributed by atoms with Crippen molar-refractivity contribution in [2.45, 2.75) is 30.6 Å². The summed E-state index contributed by atoms with van der Waals surface area (Å²) in [5.74, 6) is -1.37. The molecule has 10 heteroatoms. The van der Waals surface area contributed by atoms with Crippen molar-refractivity contribution >= 4 is 39.2 Å². The number of carbonyl (C=O) groups excluding carboxylic acids is 2. The molecule has 0 aromatic heterocycles. The minimum absolute atomic E-state index is 0.0183. The Bertz CT molecular complexity index is 1050. The van der Waals surface area contributed by atoms with Gasteiger partial charge in [0, 0.05) is 18.8 Å². The number of hydrogen-bond donors (Lipinski definition) is 2. The molecule has 1 aliphatic heterocycles. The van der Waals surface area contributed by atoms with Crippen LogP contribution < -0.4 is 5.32 Å². The third-order valence-electron chi connectivity index (χ3n) is 4.84. The zero-order chi connectivity index (χ0) is 22.4. The van der Waals surface area contributed by atoms with E-state index in [1.54, 1.807) is 0 Å². The second kappa shape index (κ2) is 10.1. The highest BCUT2D eigenvalue weighted by atomic mass is 35.5. The van der Waals surface area contributed by atoms with Crippen LogP contribution in [0.2, 0.25) is 5.02 Å².